The predicted molar refractivity (Wildman–Crippen MR) is 82.4 cm³/mol. The van der Waals surface area contributed by atoms with Crippen LogP contribution in [0.15, 0.2) is 34.6 Å². The van der Waals surface area contributed by atoms with Gasteiger partial charge in [0, 0.05) is 18.4 Å². The minimum absolute atomic E-state index is 0.0441. The second-order valence-electron chi connectivity index (χ2n) is 7.02. The number of ketones is 1. The number of allylic oxidation sites excluding steroid dienone is 5. The Hall–Kier alpha value is -1.31. The van der Waals surface area contributed by atoms with E-state index in [1.807, 2.05) is 0 Å². The fourth-order valence-corrected chi connectivity index (χ4v) is 2.87. The monoisotopic (exact) mass is 274 g/mol. The molecule has 0 fully saturated rings. The smallest absolute Gasteiger partial charge is 0.163 e. The summed E-state index contributed by atoms with van der Waals surface area (Å²) in [5.74, 6) is 1.22. The summed E-state index contributed by atoms with van der Waals surface area (Å²) < 4.78 is 5.95. The lowest BCUT2D eigenvalue weighted by Gasteiger charge is -2.31. The SMILES string of the molecule is CC(C)=CCCC1=CCC2=C(CC(C)(C)CC2=O)OC1. The van der Waals surface area contributed by atoms with E-state index in [0.29, 0.717) is 13.0 Å². The third kappa shape index (κ3) is 3.84. The molecule has 2 heteroatoms. The molecule has 0 aromatic heterocycles. The molecule has 1 heterocycles. The Balaban J connectivity index is 2.02. The first kappa shape index (κ1) is 15.1. The third-order valence-corrected chi connectivity index (χ3v) is 4.00. The van der Waals surface area contributed by atoms with Crippen molar-refractivity contribution in [2.45, 2.75) is 59.8 Å². The molecule has 0 radical (unpaired) electrons. The van der Waals surface area contributed by atoms with Gasteiger partial charge in [0.2, 0.25) is 0 Å². The van der Waals surface area contributed by atoms with Crippen LogP contribution in [-0.4, -0.2) is 12.4 Å². The number of rotatable bonds is 3. The number of hydrogen-bond acceptors (Lipinski definition) is 2. The fourth-order valence-electron chi connectivity index (χ4n) is 2.87. The summed E-state index contributed by atoms with van der Waals surface area (Å²) in [6, 6.07) is 0. The quantitative estimate of drug-likeness (QED) is 0.696. The molecular formula is C18H26O2. The molecule has 0 spiro atoms. The Morgan fingerprint density at radius 1 is 1.35 bits per heavy atom. The van der Waals surface area contributed by atoms with Gasteiger partial charge in [-0.1, -0.05) is 31.6 Å². The molecule has 20 heavy (non-hydrogen) atoms. The van der Waals surface area contributed by atoms with Gasteiger partial charge in [0.25, 0.3) is 0 Å². The summed E-state index contributed by atoms with van der Waals surface area (Å²) in [7, 11) is 0. The van der Waals surface area contributed by atoms with Crippen molar-refractivity contribution in [1.82, 2.24) is 0 Å². The molecule has 2 aliphatic rings. The zero-order valence-electron chi connectivity index (χ0n) is 13.2. The molecule has 0 aromatic carbocycles. The van der Waals surface area contributed by atoms with E-state index in [1.165, 1.54) is 11.1 Å². The molecule has 0 atom stereocenters. The van der Waals surface area contributed by atoms with Crippen LogP contribution in [0.1, 0.15) is 59.8 Å². The lowest BCUT2D eigenvalue weighted by molar-refractivity contribution is -0.118. The first-order valence-electron chi connectivity index (χ1n) is 7.57. The average Bonchev–Trinajstić information content (AvgIpc) is 2.50. The van der Waals surface area contributed by atoms with Crippen molar-refractivity contribution in [2.75, 3.05) is 6.61 Å². The molecule has 2 nitrogen and oxygen atoms in total. The van der Waals surface area contributed by atoms with Crippen LogP contribution in [0.25, 0.3) is 0 Å². The maximum absolute atomic E-state index is 12.2. The third-order valence-electron chi connectivity index (χ3n) is 4.00. The van der Waals surface area contributed by atoms with Gasteiger partial charge in [-0.15, -0.1) is 0 Å². The van der Waals surface area contributed by atoms with Crippen LogP contribution < -0.4 is 0 Å². The minimum atomic E-state index is 0.0441. The normalized spacial score (nSPS) is 21.6. The molecule has 2 rings (SSSR count). The number of hydrogen-bond donors (Lipinski definition) is 0. The zero-order chi connectivity index (χ0) is 14.8. The Morgan fingerprint density at radius 2 is 2.10 bits per heavy atom. The van der Waals surface area contributed by atoms with Gasteiger partial charge in [-0.2, -0.15) is 0 Å². The summed E-state index contributed by atoms with van der Waals surface area (Å²) in [4.78, 5) is 12.2. The summed E-state index contributed by atoms with van der Waals surface area (Å²) in [5.41, 5.74) is 3.64. The highest BCUT2D eigenvalue weighted by molar-refractivity contribution is 5.97. The number of ether oxygens (including phenoxy) is 1. The van der Waals surface area contributed by atoms with Gasteiger partial charge >= 0.3 is 0 Å². The van der Waals surface area contributed by atoms with Crippen molar-refractivity contribution < 1.29 is 9.53 Å². The van der Waals surface area contributed by atoms with Crippen molar-refractivity contribution in [3.63, 3.8) is 0 Å². The largest absolute Gasteiger partial charge is 0.493 e. The maximum Gasteiger partial charge on any atom is 0.163 e. The van der Waals surface area contributed by atoms with Crippen LogP contribution in [0.2, 0.25) is 0 Å². The second-order valence-corrected chi connectivity index (χ2v) is 7.02. The number of carbonyl (C=O) groups is 1. The van der Waals surface area contributed by atoms with Crippen molar-refractivity contribution in [1.29, 1.82) is 0 Å². The summed E-state index contributed by atoms with van der Waals surface area (Å²) >= 11 is 0. The van der Waals surface area contributed by atoms with E-state index >= 15 is 0 Å². The van der Waals surface area contributed by atoms with Gasteiger partial charge in [0.15, 0.2) is 5.78 Å². The molecule has 0 bridgehead atoms. The van der Waals surface area contributed by atoms with E-state index in [9.17, 15) is 4.79 Å². The fraction of sp³-hybridized carbons (Fsp3) is 0.611. The van der Waals surface area contributed by atoms with E-state index in [2.05, 4.69) is 39.8 Å². The van der Waals surface area contributed by atoms with Gasteiger partial charge in [-0.25, -0.2) is 0 Å². The minimum Gasteiger partial charge on any atom is -0.493 e. The molecule has 0 amide bonds. The Kier molecular flexibility index (Phi) is 4.52. The molecule has 0 aromatic rings. The first-order valence-corrected chi connectivity index (χ1v) is 7.57. The summed E-state index contributed by atoms with van der Waals surface area (Å²) in [6.45, 7) is 9.19. The topological polar surface area (TPSA) is 26.3 Å². The van der Waals surface area contributed by atoms with Crippen molar-refractivity contribution >= 4 is 5.78 Å². The van der Waals surface area contributed by atoms with E-state index in [-0.39, 0.29) is 11.2 Å². The zero-order valence-corrected chi connectivity index (χ0v) is 13.2. The maximum atomic E-state index is 12.2. The van der Waals surface area contributed by atoms with E-state index in [4.69, 9.17) is 4.74 Å². The number of Topliss-reactive ketones (excluding diaryl/α,β-unsaturated/α-hetero) is 1. The highest BCUT2D eigenvalue weighted by atomic mass is 16.5. The standard InChI is InChI=1S/C18H26O2/c1-13(2)6-5-7-14-8-9-15-16(19)10-18(3,4)11-17(15)20-12-14/h6,8H,5,7,9-12H2,1-4H3. The highest BCUT2D eigenvalue weighted by Crippen LogP contribution is 2.39. The summed E-state index contributed by atoms with van der Waals surface area (Å²) in [5, 5.41) is 0. The first-order chi connectivity index (χ1) is 9.37. The van der Waals surface area contributed by atoms with Gasteiger partial charge in [-0.3, -0.25) is 4.79 Å². The van der Waals surface area contributed by atoms with Gasteiger partial charge in [-0.05, 0) is 44.1 Å². The average molecular weight is 274 g/mol. The molecule has 0 saturated carbocycles. The van der Waals surface area contributed by atoms with Crippen LogP contribution in [0.4, 0.5) is 0 Å². The van der Waals surface area contributed by atoms with Crippen LogP contribution in [-0.2, 0) is 9.53 Å². The molecule has 1 aliphatic carbocycles. The van der Waals surface area contributed by atoms with Gasteiger partial charge in [0.1, 0.15) is 12.4 Å². The molecule has 0 N–H and O–H groups in total. The predicted octanol–water partition coefficient (Wildman–Crippen LogP) is 4.72. The lowest BCUT2D eigenvalue weighted by Crippen LogP contribution is -2.26. The van der Waals surface area contributed by atoms with Crippen molar-refractivity contribution in [3.8, 4) is 0 Å². The van der Waals surface area contributed by atoms with E-state index < -0.39 is 0 Å². The molecule has 0 saturated heterocycles. The number of carbonyl (C=O) groups excluding carboxylic acids is 1. The van der Waals surface area contributed by atoms with Crippen LogP contribution >= 0.6 is 0 Å². The molecule has 110 valence electrons. The molecule has 1 aliphatic heterocycles. The molecule has 0 unspecified atom stereocenters. The van der Waals surface area contributed by atoms with Crippen molar-refractivity contribution in [3.05, 3.63) is 34.6 Å². The van der Waals surface area contributed by atoms with Gasteiger partial charge < -0.3 is 4.74 Å². The van der Waals surface area contributed by atoms with Crippen LogP contribution in [0.5, 0.6) is 0 Å². The van der Waals surface area contributed by atoms with Crippen molar-refractivity contribution in [2.24, 2.45) is 5.41 Å². The van der Waals surface area contributed by atoms with Crippen LogP contribution in [0.3, 0.4) is 0 Å². The Labute approximate surface area is 122 Å². The summed E-state index contributed by atoms with van der Waals surface area (Å²) in [6.07, 6.45) is 8.85. The second kappa shape index (κ2) is 5.99. The lowest BCUT2D eigenvalue weighted by atomic mass is 9.76. The Bertz CT molecular complexity index is 486. The van der Waals surface area contributed by atoms with E-state index in [0.717, 1.165) is 37.0 Å². The molecular weight excluding hydrogens is 248 g/mol. The highest BCUT2D eigenvalue weighted by Gasteiger charge is 2.34. The van der Waals surface area contributed by atoms with E-state index in [1.54, 1.807) is 0 Å². The Morgan fingerprint density at radius 3 is 2.80 bits per heavy atom. The van der Waals surface area contributed by atoms with Gasteiger partial charge in [0.05, 0.1) is 0 Å². The van der Waals surface area contributed by atoms with Crippen LogP contribution in [0, 0.1) is 5.41 Å².